The van der Waals surface area contributed by atoms with Gasteiger partial charge in [0.05, 0.1) is 17.3 Å². The Morgan fingerprint density at radius 3 is 2.58 bits per heavy atom. The quantitative estimate of drug-likeness (QED) is 0.898. The minimum absolute atomic E-state index is 0.215. The molecule has 0 atom stereocenters. The third-order valence-corrected chi connectivity index (χ3v) is 3.04. The summed E-state index contributed by atoms with van der Waals surface area (Å²) in [5.74, 6) is 0.709. The average Bonchev–Trinajstić information content (AvgIpc) is 3.07. The van der Waals surface area contributed by atoms with Gasteiger partial charge in [-0.1, -0.05) is 0 Å². The summed E-state index contributed by atoms with van der Waals surface area (Å²) in [6.07, 6.45) is -1.02. The molecular formula is C13H10F3NO2. The van der Waals surface area contributed by atoms with Crippen LogP contribution in [-0.4, -0.2) is 10.1 Å². The SMILES string of the molecule is Oc1cc(C(F)(F)F)ccc1-c1cnc(C2CC2)o1. The molecule has 0 bridgehead atoms. The Balaban J connectivity index is 1.95. The van der Waals surface area contributed by atoms with Gasteiger partial charge >= 0.3 is 6.18 Å². The van der Waals surface area contributed by atoms with Crippen molar-refractivity contribution in [2.24, 2.45) is 0 Å². The lowest BCUT2D eigenvalue weighted by Crippen LogP contribution is -2.04. The standard InChI is InChI=1S/C13H10F3NO2/c14-13(15,16)8-3-4-9(10(18)5-8)11-6-17-12(19-11)7-1-2-7/h3-7,18H,1-2H2. The summed E-state index contributed by atoms with van der Waals surface area (Å²) < 4.78 is 42.9. The van der Waals surface area contributed by atoms with Gasteiger partial charge in [0.2, 0.25) is 0 Å². The van der Waals surface area contributed by atoms with E-state index >= 15 is 0 Å². The van der Waals surface area contributed by atoms with Crippen molar-refractivity contribution in [2.75, 3.05) is 0 Å². The van der Waals surface area contributed by atoms with Crippen LogP contribution in [0.15, 0.2) is 28.8 Å². The topological polar surface area (TPSA) is 46.3 Å². The van der Waals surface area contributed by atoms with Gasteiger partial charge in [-0.15, -0.1) is 0 Å². The molecule has 100 valence electrons. The summed E-state index contributed by atoms with van der Waals surface area (Å²) in [6, 6.07) is 2.79. The maximum Gasteiger partial charge on any atom is 0.416 e. The van der Waals surface area contributed by atoms with Gasteiger partial charge in [0.25, 0.3) is 0 Å². The molecule has 3 nitrogen and oxygen atoms in total. The molecule has 1 saturated carbocycles. The maximum absolute atomic E-state index is 12.5. The monoisotopic (exact) mass is 269 g/mol. The molecule has 2 aromatic rings. The number of benzene rings is 1. The molecular weight excluding hydrogens is 259 g/mol. The van der Waals surface area contributed by atoms with Crippen molar-refractivity contribution in [2.45, 2.75) is 24.9 Å². The Morgan fingerprint density at radius 2 is 2.00 bits per heavy atom. The second-order valence-corrected chi connectivity index (χ2v) is 4.57. The number of aromatic nitrogens is 1. The average molecular weight is 269 g/mol. The summed E-state index contributed by atoms with van der Waals surface area (Å²) in [5, 5.41) is 9.68. The Labute approximate surface area is 106 Å². The fraction of sp³-hybridized carbons (Fsp3) is 0.308. The first-order chi connectivity index (χ1) is 8.95. The van der Waals surface area contributed by atoms with Crippen molar-refractivity contribution in [3.05, 3.63) is 35.9 Å². The summed E-state index contributed by atoms with van der Waals surface area (Å²) in [5.41, 5.74) is -0.678. The first-order valence-electron chi connectivity index (χ1n) is 5.81. The van der Waals surface area contributed by atoms with Crippen molar-refractivity contribution in [3.8, 4) is 17.1 Å². The van der Waals surface area contributed by atoms with E-state index in [0.29, 0.717) is 17.9 Å². The van der Waals surface area contributed by atoms with Crippen molar-refractivity contribution in [3.63, 3.8) is 0 Å². The predicted octanol–water partition coefficient (Wildman–Crippen LogP) is 3.94. The number of phenols is 1. The lowest BCUT2D eigenvalue weighted by molar-refractivity contribution is -0.137. The molecule has 1 N–H and O–H groups in total. The van der Waals surface area contributed by atoms with Crippen LogP contribution in [0.2, 0.25) is 0 Å². The summed E-state index contributed by atoms with van der Waals surface area (Å²) in [6.45, 7) is 0. The molecule has 1 aliphatic carbocycles. The zero-order chi connectivity index (χ0) is 13.6. The van der Waals surface area contributed by atoms with E-state index in [4.69, 9.17) is 4.42 Å². The van der Waals surface area contributed by atoms with Gasteiger partial charge in [0.15, 0.2) is 11.7 Å². The number of nitrogens with zero attached hydrogens (tertiary/aromatic N) is 1. The van der Waals surface area contributed by atoms with Gasteiger partial charge in [0.1, 0.15) is 5.75 Å². The second-order valence-electron chi connectivity index (χ2n) is 4.57. The Morgan fingerprint density at radius 1 is 1.26 bits per heavy atom. The second kappa shape index (κ2) is 4.01. The molecule has 0 radical (unpaired) electrons. The molecule has 0 saturated heterocycles. The molecule has 6 heteroatoms. The van der Waals surface area contributed by atoms with E-state index in [-0.39, 0.29) is 11.3 Å². The number of halogens is 3. The number of hydrogen-bond donors (Lipinski definition) is 1. The van der Waals surface area contributed by atoms with Gasteiger partial charge in [0, 0.05) is 5.92 Å². The third-order valence-electron chi connectivity index (χ3n) is 3.04. The molecule has 1 heterocycles. The van der Waals surface area contributed by atoms with Gasteiger partial charge < -0.3 is 9.52 Å². The lowest BCUT2D eigenvalue weighted by Gasteiger charge is -2.08. The maximum atomic E-state index is 12.5. The van der Waals surface area contributed by atoms with Crippen LogP contribution < -0.4 is 0 Å². The zero-order valence-electron chi connectivity index (χ0n) is 9.74. The van der Waals surface area contributed by atoms with Gasteiger partial charge in [-0.3, -0.25) is 0 Å². The van der Waals surface area contributed by atoms with E-state index in [1.54, 1.807) is 0 Å². The number of phenolic OH excluding ortho intramolecular Hbond substituents is 1. The van der Waals surface area contributed by atoms with Crippen LogP contribution in [0.4, 0.5) is 13.2 Å². The predicted molar refractivity (Wildman–Crippen MR) is 60.6 cm³/mol. The molecule has 1 aliphatic rings. The van der Waals surface area contributed by atoms with Crippen molar-refractivity contribution >= 4 is 0 Å². The first kappa shape index (κ1) is 12.1. The minimum Gasteiger partial charge on any atom is -0.507 e. The smallest absolute Gasteiger partial charge is 0.416 e. The van der Waals surface area contributed by atoms with Crippen molar-refractivity contribution in [1.29, 1.82) is 0 Å². The van der Waals surface area contributed by atoms with E-state index in [9.17, 15) is 18.3 Å². The molecule has 1 aromatic heterocycles. The molecule has 19 heavy (non-hydrogen) atoms. The third kappa shape index (κ3) is 2.30. The molecule has 1 fully saturated rings. The highest BCUT2D eigenvalue weighted by Gasteiger charge is 2.32. The van der Waals surface area contributed by atoms with Gasteiger partial charge in [-0.05, 0) is 31.0 Å². The Bertz CT molecular complexity index is 615. The van der Waals surface area contributed by atoms with Crippen molar-refractivity contribution < 1.29 is 22.7 Å². The number of hydrogen-bond acceptors (Lipinski definition) is 3. The molecule has 0 spiro atoms. The van der Waals surface area contributed by atoms with E-state index < -0.39 is 17.5 Å². The number of aromatic hydroxyl groups is 1. The van der Waals surface area contributed by atoms with Crippen LogP contribution in [0.1, 0.15) is 30.2 Å². The largest absolute Gasteiger partial charge is 0.507 e. The Hall–Kier alpha value is -1.98. The zero-order valence-corrected chi connectivity index (χ0v) is 9.74. The minimum atomic E-state index is -4.48. The fourth-order valence-corrected chi connectivity index (χ4v) is 1.85. The number of oxazole rings is 1. The van der Waals surface area contributed by atoms with Crippen LogP contribution in [0, 0.1) is 0 Å². The highest BCUT2D eigenvalue weighted by molar-refractivity contribution is 5.65. The van der Waals surface area contributed by atoms with Gasteiger partial charge in [-0.25, -0.2) is 4.98 Å². The van der Waals surface area contributed by atoms with Crippen LogP contribution in [0.25, 0.3) is 11.3 Å². The summed E-state index contributed by atoms with van der Waals surface area (Å²) in [7, 11) is 0. The number of rotatable bonds is 2. The number of alkyl halides is 3. The Kier molecular flexibility index (Phi) is 2.55. The molecule has 0 unspecified atom stereocenters. The molecule has 1 aromatic carbocycles. The highest BCUT2D eigenvalue weighted by Crippen LogP contribution is 2.42. The van der Waals surface area contributed by atoms with Gasteiger partial charge in [-0.2, -0.15) is 13.2 Å². The van der Waals surface area contributed by atoms with Crippen LogP contribution in [-0.2, 0) is 6.18 Å². The lowest BCUT2D eigenvalue weighted by atomic mass is 10.1. The normalized spacial score (nSPS) is 15.7. The van der Waals surface area contributed by atoms with E-state index in [1.165, 1.54) is 12.3 Å². The summed E-state index contributed by atoms with van der Waals surface area (Å²) in [4.78, 5) is 4.07. The fourth-order valence-electron chi connectivity index (χ4n) is 1.85. The molecule has 0 aliphatic heterocycles. The van der Waals surface area contributed by atoms with Crippen LogP contribution >= 0.6 is 0 Å². The first-order valence-corrected chi connectivity index (χ1v) is 5.81. The summed E-state index contributed by atoms with van der Waals surface area (Å²) >= 11 is 0. The molecule has 0 amide bonds. The van der Waals surface area contributed by atoms with E-state index in [0.717, 1.165) is 18.9 Å². The molecule has 3 rings (SSSR count). The van der Waals surface area contributed by atoms with Crippen LogP contribution in [0.3, 0.4) is 0 Å². The highest BCUT2D eigenvalue weighted by atomic mass is 19.4. The van der Waals surface area contributed by atoms with Crippen molar-refractivity contribution in [1.82, 2.24) is 4.98 Å². The van der Waals surface area contributed by atoms with E-state index in [1.807, 2.05) is 0 Å². The van der Waals surface area contributed by atoms with Crippen LogP contribution in [0.5, 0.6) is 5.75 Å². The van der Waals surface area contributed by atoms with E-state index in [2.05, 4.69) is 4.98 Å².